The number of aromatic nitrogens is 2. The van der Waals surface area contributed by atoms with Crippen LogP contribution in [-0.2, 0) is 0 Å². The average Bonchev–Trinajstić information content (AvgIpc) is 2.69. The molecular formula is C15H15N3OS. The van der Waals surface area contributed by atoms with Crippen LogP contribution in [0.5, 0.6) is 11.6 Å². The van der Waals surface area contributed by atoms with Gasteiger partial charge in [0.15, 0.2) is 0 Å². The lowest BCUT2D eigenvalue weighted by atomic mass is 10.2. The van der Waals surface area contributed by atoms with Gasteiger partial charge in [0, 0.05) is 10.6 Å². The van der Waals surface area contributed by atoms with Crippen LogP contribution in [0.2, 0.25) is 0 Å². The highest BCUT2D eigenvalue weighted by molar-refractivity contribution is 7.18. The fourth-order valence-electron chi connectivity index (χ4n) is 2.12. The minimum atomic E-state index is 0.602. The van der Waals surface area contributed by atoms with E-state index in [-0.39, 0.29) is 0 Å². The van der Waals surface area contributed by atoms with Crippen LogP contribution in [0.15, 0.2) is 24.5 Å². The molecule has 20 heavy (non-hydrogen) atoms. The number of hydrogen-bond acceptors (Lipinski definition) is 5. The quantitative estimate of drug-likeness (QED) is 0.723. The maximum Gasteiger partial charge on any atom is 0.231 e. The van der Waals surface area contributed by atoms with Crippen molar-refractivity contribution in [2.75, 3.05) is 5.73 Å². The van der Waals surface area contributed by atoms with Crippen molar-refractivity contribution in [2.24, 2.45) is 0 Å². The van der Waals surface area contributed by atoms with Crippen molar-refractivity contribution in [1.82, 2.24) is 9.97 Å². The molecule has 0 amide bonds. The Hall–Kier alpha value is -2.14. The lowest BCUT2D eigenvalue weighted by Gasteiger charge is -2.09. The molecule has 3 aromatic rings. The molecule has 0 radical (unpaired) electrons. The number of nitrogens with two attached hydrogens (primary N) is 1. The van der Waals surface area contributed by atoms with E-state index in [1.54, 1.807) is 17.7 Å². The molecule has 1 aromatic carbocycles. The summed E-state index contributed by atoms with van der Waals surface area (Å²) in [5.74, 6) is 1.37. The first kappa shape index (κ1) is 12.9. The molecule has 0 saturated carbocycles. The van der Waals surface area contributed by atoms with Gasteiger partial charge in [-0.2, -0.15) is 0 Å². The molecule has 2 aromatic heterocycles. The second-order valence-electron chi connectivity index (χ2n) is 4.77. The van der Waals surface area contributed by atoms with E-state index in [1.807, 2.05) is 25.1 Å². The third-order valence-electron chi connectivity index (χ3n) is 3.34. The lowest BCUT2D eigenvalue weighted by Crippen LogP contribution is -1.94. The molecule has 0 bridgehead atoms. The number of fused-ring (bicyclic) bond motifs is 1. The van der Waals surface area contributed by atoms with E-state index >= 15 is 0 Å². The minimum absolute atomic E-state index is 0.602. The van der Waals surface area contributed by atoms with Gasteiger partial charge >= 0.3 is 0 Å². The van der Waals surface area contributed by atoms with Gasteiger partial charge in [-0.3, -0.25) is 0 Å². The molecule has 2 heterocycles. The fraction of sp³-hybridized carbons (Fsp3) is 0.200. The summed E-state index contributed by atoms with van der Waals surface area (Å²) < 4.78 is 5.97. The molecule has 0 unspecified atom stereocenters. The normalized spacial score (nSPS) is 10.9. The Morgan fingerprint density at radius 2 is 1.95 bits per heavy atom. The predicted octanol–water partition coefficient (Wildman–Crippen LogP) is 3.99. The molecule has 0 aliphatic heterocycles. The van der Waals surface area contributed by atoms with E-state index in [0.717, 1.165) is 27.2 Å². The summed E-state index contributed by atoms with van der Waals surface area (Å²) in [5.41, 5.74) is 8.65. The van der Waals surface area contributed by atoms with Gasteiger partial charge in [-0.05, 0) is 50.1 Å². The van der Waals surface area contributed by atoms with Crippen LogP contribution >= 0.6 is 11.3 Å². The molecule has 0 atom stereocenters. The highest BCUT2D eigenvalue weighted by atomic mass is 32.1. The summed E-state index contributed by atoms with van der Waals surface area (Å²) in [5, 5.41) is 0.992. The maximum absolute atomic E-state index is 5.97. The zero-order valence-corrected chi connectivity index (χ0v) is 12.4. The Labute approximate surface area is 121 Å². The Morgan fingerprint density at radius 1 is 1.15 bits per heavy atom. The van der Waals surface area contributed by atoms with E-state index < -0.39 is 0 Å². The van der Waals surface area contributed by atoms with Crippen molar-refractivity contribution in [3.8, 4) is 11.6 Å². The van der Waals surface area contributed by atoms with Crippen molar-refractivity contribution in [3.05, 3.63) is 40.5 Å². The molecule has 0 saturated heterocycles. The van der Waals surface area contributed by atoms with E-state index in [4.69, 9.17) is 10.5 Å². The molecule has 0 spiro atoms. The van der Waals surface area contributed by atoms with Gasteiger partial charge in [-0.25, -0.2) is 9.97 Å². The summed E-state index contributed by atoms with van der Waals surface area (Å²) in [7, 11) is 0. The van der Waals surface area contributed by atoms with Crippen molar-refractivity contribution in [3.63, 3.8) is 0 Å². The zero-order valence-electron chi connectivity index (χ0n) is 11.6. The van der Waals surface area contributed by atoms with Gasteiger partial charge in [0.25, 0.3) is 0 Å². The second-order valence-corrected chi connectivity index (χ2v) is 5.97. The molecule has 5 heteroatoms. The number of benzene rings is 1. The van der Waals surface area contributed by atoms with Crippen molar-refractivity contribution in [1.29, 1.82) is 0 Å². The highest BCUT2D eigenvalue weighted by Crippen LogP contribution is 2.36. The van der Waals surface area contributed by atoms with Crippen LogP contribution in [0.4, 0.5) is 5.69 Å². The average molecular weight is 285 g/mol. The number of rotatable bonds is 2. The van der Waals surface area contributed by atoms with Gasteiger partial charge in [-0.15, -0.1) is 11.3 Å². The molecule has 0 fully saturated rings. The number of anilines is 1. The smallest absolute Gasteiger partial charge is 0.231 e. The predicted molar refractivity (Wildman–Crippen MR) is 82.6 cm³/mol. The Balaban J connectivity index is 2.11. The second kappa shape index (κ2) is 4.76. The number of hydrogen-bond donors (Lipinski definition) is 1. The number of aryl methyl sites for hydroxylation is 3. The number of nitrogens with zero attached hydrogens (tertiary/aromatic N) is 2. The molecule has 0 aliphatic rings. The van der Waals surface area contributed by atoms with Gasteiger partial charge in [0.05, 0.1) is 5.39 Å². The van der Waals surface area contributed by atoms with Crippen LogP contribution in [0.25, 0.3) is 10.2 Å². The Morgan fingerprint density at radius 3 is 2.70 bits per heavy atom. The summed E-state index contributed by atoms with van der Waals surface area (Å²) in [6.45, 7) is 6.12. The van der Waals surface area contributed by atoms with E-state index in [1.165, 1.54) is 10.4 Å². The largest absolute Gasteiger partial charge is 0.438 e. The third kappa shape index (κ3) is 2.10. The number of ether oxygens (including phenoxy) is 1. The van der Waals surface area contributed by atoms with E-state index in [9.17, 15) is 0 Å². The Bertz CT molecular complexity index is 795. The first-order valence-electron chi connectivity index (χ1n) is 6.31. The molecule has 2 N–H and O–H groups in total. The molecule has 3 rings (SSSR count). The van der Waals surface area contributed by atoms with Crippen LogP contribution < -0.4 is 10.5 Å². The van der Waals surface area contributed by atoms with E-state index in [0.29, 0.717) is 5.88 Å². The van der Waals surface area contributed by atoms with E-state index in [2.05, 4.69) is 23.8 Å². The highest BCUT2D eigenvalue weighted by Gasteiger charge is 2.14. The molecular weight excluding hydrogens is 270 g/mol. The van der Waals surface area contributed by atoms with Gasteiger partial charge in [-0.1, -0.05) is 0 Å². The minimum Gasteiger partial charge on any atom is -0.438 e. The first-order chi connectivity index (χ1) is 9.56. The SMILES string of the molecule is Cc1cc(N)ccc1Oc1ncnc2sc(C)c(C)c12. The molecule has 102 valence electrons. The summed E-state index contributed by atoms with van der Waals surface area (Å²) in [6.07, 6.45) is 1.54. The molecule has 4 nitrogen and oxygen atoms in total. The van der Waals surface area contributed by atoms with Gasteiger partial charge in [0.1, 0.15) is 16.9 Å². The topological polar surface area (TPSA) is 61.0 Å². The van der Waals surface area contributed by atoms with Crippen LogP contribution in [0, 0.1) is 20.8 Å². The standard InChI is InChI=1S/C15H15N3OS/c1-8-6-11(16)4-5-12(8)19-14-13-9(2)10(3)20-15(13)18-7-17-14/h4-7H,16H2,1-3H3. The van der Waals surface area contributed by atoms with Crippen molar-refractivity contribution < 1.29 is 4.74 Å². The maximum atomic E-state index is 5.97. The zero-order chi connectivity index (χ0) is 14.3. The summed E-state index contributed by atoms with van der Waals surface area (Å²) in [4.78, 5) is 10.8. The van der Waals surface area contributed by atoms with Crippen LogP contribution in [0.1, 0.15) is 16.0 Å². The van der Waals surface area contributed by atoms with Gasteiger partial charge < -0.3 is 10.5 Å². The summed E-state index contributed by atoms with van der Waals surface area (Å²) >= 11 is 1.66. The fourth-order valence-corrected chi connectivity index (χ4v) is 3.11. The number of nitrogen functional groups attached to an aromatic ring is 1. The van der Waals surface area contributed by atoms with Gasteiger partial charge in [0.2, 0.25) is 5.88 Å². The molecule has 0 aliphatic carbocycles. The first-order valence-corrected chi connectivity index (χ1v) is 7.12. The Kier molecular flexibility index (Phi) is 3.06. The van der Waals surface area contributed by atoms with Crippen molar-refractivity contribution in [2.45, 2.75) is 20.8 Å². The van der Waals surface area contributed by atoms with Crippen LogP contribution in [0.3, 0.4) is 0 Å². The summed E-state index contributed by atoms with van der Waals surface area (Å²) in [6, 6.07) is 5.58. The van der Waals surface area contributed by atoms with Crippen LogP contribution in [-0.4, -0.2) is 9.97 Å². The monoisotopic (exact) mass is 285 g/mol. The number of thiophene rings is 1. The third-order valence-corrected chi connectivity index (χ3v) is 4.45. The lowest BCUT2D eigenvalue weighted by molar-refractivity contribution is 0.464. The van der Waals surface area contributed by atoms with Crippen molar-refractivity contribution >= 4 is 27.2 Å².